The Labute approximate surface area is 93.0 Å². The molecule has 1 heterocycles. The number of hydrogen-bond acceptors (Lipinski definition) is 3. The Morgan fingerprint density at radius 3 is 2.33 bits per heavy atom. The van der Waals surface area contributed by atoms with Crippen LogP contribution in [-0.2, 0) is 4.79 Å². The minimum absolute atomic E-state index is 0.123. The number of ketones is 1. The number of hydrogen-bond donors (Lipinski definition) is 1. The van der Waals surface area contributed by atoms with E-state index >= 15 is 0 Å². The van der Waals surface area contributed by atoms with Crippen LogP contribution in [0.4, 0.5) is 0 Å². The molecule has 0 saturated carbocycles. The summed E-state index contributed by atoms with van der Waals surface area (Å²) in [5.41, 5.74) is 5.86. The Bertz CT molecular complexity index is 208. The van der Waals surface area contributed by atoms with Gasteiger partial charge in [-0.3, -0.25) is 9.69 Å². The van der Waals surface area contributed by atoms with Gasteiger partial charge in [-0.25, -0.2) is 0 Å². The first kappa shape index (κ1) is 12.7. The minimum Gasteiger partial charge on any atom is -0.328 e. The van der Waals surface area contributed by atoms with Crippen molar-refractivity contribution in [3.05, 3.63) is 0 Å². The average Bonchev–Trinajstić information content (AvgIpc) is 2.15. The van der Waals surface area contributed by atoms with Gasteiger partial charge in [0.05, 0.1) is 6.04 Å². The molecule has 1 fully saturated rings. The van der Waals surface area contributed by atoms with Crippen LogP contribution in [0, 0.1) is 5.92 Å². The lowest BCUT2D eigenvalue weighted by Gasteiger charge is -2.36. The Balaban J connectivity index is 2.52. The highest BCUT2D eigenvalue weighted by Crippen LogP contribution is 2.17. The number of likely N-dealkylation sites (tertiary alicyclic amines) is 1. The van der Waals surface area contributed by atoms with Crippen LogP contribution in [0.15, 0.2) is 0 Å². The fourth-order valence-corrected chi connectivity index (χ4v) is 2.25. The summed E-state index contributed by atoms with van der Waals surface area (Å²) in [6, 6.07) is 0.463. The summed E-state index contributed by atoms with van der Waals surface area (Å²) in [7, 11) is 0. The summed E-state index contributed by atoms with van der Waals surface area (Å²) in [5.74, 6) is 0.883. The van der Waals surface area contributed by atoms with Crippen molar-refractivity contribution in [3.8, 4) is 0 Å². The highest BCUT2D eigenvalue weighted by Gasteiger charge is 2.26. The molecule has 88 valence electrons. The molecule has 0 aromatic rings. The highest BCUT2D eigenvalue weighted by atomic mass is 16.1. The van der Waals surface area contributed by atoms with Gasteiger partial charge in [0, 0.05) is 19.1 Å². The summed E-state index contributed by atoms with van der Waals surface area (Å²) in [6.07, 6.45) is 3.04. The van der Waals surface area contributed by atoms with E-state index in [-0.39, 0.29) is 6.04 Å². The summed E-state index contributed by atoms with van der Waals surface area (Å²) >= 11 is 0. The van der Waals surface area contributed by atoms with Gasteiger partial charge in [0.25, 0.3) is 0 Å². The van der Waals surface area contributed by atoms with Crippen molar-refractivity contribution in [1.29, 1.82) is 0 Å². The van der Waals surface area contributed by atoms with Gasteiger partial charge < -0.3 is 5.73 Å². The Morgan fingerprint density at radius 2 is 1.93 bits per heavy atom. The summed E-state index contributed by atoms with van der Waals surface area (Å²) in [5, 5.41) is 0. The van der Waals surface area contributed by atoms with E-state index in [4.69, 9.17) is 5.73 Å². The molecule has 1 atom stereocenters. The predicted octanol–water partition coefficient (Wildman–Crippen LogP) is 1.41. The highest BCUT2D eigenvalue weighted by molar-refractivity contribution is 5.81. The lowest BCUT2D eigenvalue weighted by molar-refractivity contribution is -0.123. The Morgan fingerprint density at radius 1 is 1.40 bits per heavy atom. The van der Waals surface area contributed by atoms with E-state index < -0.39 is 0 Å². The van der Waals surface area contributed by atoms with E-state index in [9.17, 15) is 4.79 Å². The smallest absolute Gasteiger partial charge is 0.146 e. The molecule has 0 aromatic heterocycles. The first-order valence-electron chi connectivity index (χ1n) is 6.00. The zero-order chi connectivity index (χ0) is 11.4. The number of rotatable bonds is 4. The van der Waals surface area contributed by atoms with Gasteiger partial charge in [-0.05, 0) is 32.1 Å². The summed E-state index contributed by atoms with van der Waals surface area (Å²) in [4.78, 5) is 13.9. The van der Waals surface area contributed by atoms with Crippen LogP contribution in [0.1, 0.15) is 40.0 Å². The molecule has 0 aromatic carbocycles. The lowest BCUT2D eigenvalue weighted by Crippen LogP contribution is -2.48. The van der Waals surface area contributed by atoms with Crippen LogP contribution in [0.25, 0.3) is 0 Å². The van der Waals surface area contributed by atoms with E-state index in [0.29, 0.717) is 17.7 Å². The van der Waals surface area contributed by atoms with Gasteiger partial charge in [0.2, 0.25) is 0 Å². The van der Waals surface area contributed by atoms with E-state index in [1.807, 2.05) is 0 Å². The molecule has 1 rings (SSSR count). The van der Waals surface area contributed by atoms with Crippen molar-refractivity contribution in [1.82, 2.24) is 4.90 Å². The van der Waals surface area contributed by atoms with E-state index in [0.717, 1.165) is 32.4 Å². The van der Waals surface area contributed by atoms with Gasteiger partial charge >= 0.3 is 0 Å². The van der Waals surface area contributed by atoms with E-state index in [1.165, 1.54) is 0 Å². The number of Topliss-reactive ketones (excluding diaryl/α,β-unsaturated/α-hetero) is 1. The number of nitrogens with two attached hydrogens (primary N) is 1. The quantitative estimate of drug-likeness (QED) is 0.766. The lowest BCUT2D eigenvalue weighted by atomic mass is 9.96. The standard InChI is InChI=1S/C12H24N2O/c1-9(2)8-12(10(3)15)14-6-4-11(13)5-7-14/h9,11-12H,4-8,13H2,1-3H3. The van der Waals surface area contributed by atoms with Crippen molar-refractivity contribution in [2.45, 2.75) is 52.1 Å². The van der Waals surface area contributed by atoms with Gasteiger partial charge in [0.1, 0.15) is 5.78 Å². The monoisotopic (exact) mass is 212 g/mol. The van der Waals surface area contributed by atoms with Crippen LogP contribution in [-0.4, -0.2) is 35.9 Å². The van der Waals surface area contributed by atoms with Gasteiger partial charge in [-0.1, -0.05) is 13.8 Å². The van der Waals surface area contributed by atoms with Gasteiger partial charge in [-0.2, -0.15) is 0 Å². The minimum atomic E-state index is 0.123. The second-order valence-electron chi connectivity index (χ2n) is 5.13. The van der Waals surface area contributed by atoms with Crippen LogP contribution in [0.5, 0.6) is 0 Å². The van der Waals surface area contributed by atoms with Crippen LogP contribution < -0.4 is 5.73 Å². The average molecular weight is 212 g/mol. The second-order valence-corrected chi connectivity index (χ2v) is 5.13. The Kier molecular flexibility index (Phi) is 4.74. The summed E-state index contributed by atoms with van der Waals surface area (Å²) < 4.78 is 0. The van der Waals surface area contributed by atoms with Crippen molar-refractivity contribution in [2.75, 3.05) is 13.1 Å². The second kappa shape index (κ2) is 5.61. The molecule has 1 saturated heterocycles. The zero-order valence-corrected chi connectivity index (χ0v) is 10.2. The molecule has 1 aliphatic rings. The number of carbonyl (C=O) groups excluding carboxylic acids is 1. The molecule has 3 nitrogen and oxygen atoms in total. The molecular weight excluding hydrogens is 188 g/mol. The SMILES string of the molecule is CC(=O)C(CC(C)C)N1CCC(N)CC1. The van der Waals surface area contributed by atoms with Crippen molar-refractivity contribution >= 4 is 5.78 Å². The fraction of sp³-hybridized carbons (Fsp3) is 0.917. The van der Waals surface area contributed by atoms with Gasteiger partial charge in [-0.15, -0.1) is 0 Å². The van der Waals surface area contributed by atoms with E-state index in [1.54, 1.807) is 6.92 Å². The molecule has 0 radical (unpaired) electrons. The first-order valence-corrected chi connectivity index (χ1v) is 6.00. The van der Waals surface area contributed by atoms with Gasteiger partial charge in [0.15, 0.2) is 0 Å². The molecule has 15 heavy (non-hydrogen) atoms. The molecule has 3 heteroatoms. The van der Waals surface area contributed by atoms with Crippen LogP contribution in [0.3, 0.4) is 0 Å². The van der Waals surface area contributed by atoms with Crippen molar-refractivity contribution in [3.63, 3.8) is 0 Å². The fourth-order valence-electron chi connectivity index (χ4n) is 2.25. The third-order valence-corrected chi connectivity index (χ3v) is 3.18. The number of nitrogens with zero attached hydrogens (tertiary/aromatic N) is 1. The maximum Gasteiger partial charge on any atom is 0.146 e. The predicted molar refractivity (Wildman–Crippen MR) is 62.7 cm³/mol. The van der Waals surface area contributed by atoms with Crippen molar-refractivity contribution < 1.29 is 4.79 Å². The first-order chi connectivity index (χ1) is 7.00. The van der Waals surface area contributed by atoms with Crippen LogP contribution in [0.2, 0.25) is 0 Å². The topological polar surface area (TPSA) is 46.3 Å². The largest absolute Gasteiger partial charge is 0.328 e. The normalized spacial score (nSPS) is 21.9. The maximum atomic E-state index is 11.6. The molecule has 0 bridgehead atoms. The molecular formula is C12H24N2O. The molecule has 0 spiro atoms. The molecule has 1 aliphatic heterocycles. The molecule has 0 aliphatic carbocycles. The summed E-state index contributed by atoms with van der Waals surface area (Å²) in [6.45, 7) is 8.02. The zero-order valence-electron chi connectivity index (χ0n) is 10.2. The van der Waals surface area contributed by atoms with Crippen molar-refractivity contribution in [2.24, 2.45) is 11.7 Å². The molecule has 0 amide bonds. The van der Waals surface area contributed by atoms with E-state index in [2.05, 4.69) is 18.7 Å². The third kappa shape index (κ3) is 3.92. The Hall–Kier alpha value is -0.410. The number of piperidine rings is 1. The number of carbonyl (C=O) groups is 1. The van der Waals surface area contributed by atoms with Crippen LogP contribution >= 0.6 is 0 Å². The molecule has 1 unspecified atom stereocenters. The maximum absolute atomic E-state index is 11.6. The molecule has 2 N–H and O–H groups in total. The third-order valence-electron chi connectivity index (χ3n) is 3.18.